The van der Waals surface area contributed by atoms with Crippen molar-refractivity contribution in [3.8, 4) is 0 Å². The van der Waals surface area contributed by atoms with Crippen LogP contribution in [0.4, 0.5) is 0 Å². The fourth-order valence-corrected chi connectivity index (χ4v) is 2.42. The number of nitrogens with two attached hydrogens (primary N) is 1. The maximum Gasteiger partial charge on any atom is 0.338 e. The molecular weight excluding hydrogens is 332 g/mol. The molecule has 8 heteroatoms. The Morgan fingerprint density at radius 2 is 1.83 bits per heavy atom. The predicted octanol–water partition coefficient (Wildman–Crippen LogP) is 1.000. The number of primary sulfonamides is 1. The number of sulfonamides is 1. The zero-order valence-corrected chi connectivity index (χ0v) is 14.2. The molecule has 0 aliphatic heterocycles. The number of rotatable bonds is 8. The second-order valence-electron chi connectivity index (χ2n) is 4.97. The molecule has 0 radical (unpaired) electrons. The fraction of sp³-hybridized carbons (Fsp3) is 0.250. The van der Waals surface area contributed by atoms with Crippen molar-refractivity contribution >= 4 is 21.9 Å². The Bertz CT molecular complexity index is 746. The van der Waals surface area contributed by atoms with Gasteiger partial charge in [-0.3, -0.25) is 4.79 Å². The van der Waals surface area contributed by atoms with Crippen LogP contribution in [0.1, 0.15) is 15.9 Å². The van der Waals surface area contributed by atoms with Crippen LogP contribution in [-0.4, -0.2) is 44.9 Å². The molecule has 0 saturated heterocycles. The summed E-state index contributed by atoms with van der Waals surface area (Å²) in [6, 6.07) is 3.87. The molecule has 24 heavy (non-hydrogen) atoms. The van der Waals surface area contributed by atoms with E-state index in [0.29, 0.717) is 18.7 Å². The van der Waals surface area contributed by atoms with E-state index in [1.54, 1.807) is 19.1 Å². The normalized spacial score (nSPS) is 10.8. The van der Waals surface area contributed by atoms with E-state index in [2.05, 4.69) is 13.2 Å². The molecule has 1 aromatic rings. The maximum atomic E-state index is 12.1. The van der Waals surface area contributed by atoms with Crippen molar-refractivity contribution in [3.05, 3.63) is 54.6 Å². The van der Waals surface area contributed by atoms with Gasteiger partial charge in [0.2, 0.25) is 10.0 Å². The Morgan fingerprint density at radius 1 is 1.25 bits per heavy atom. The number of hydrogen-bond acceptors (Lipinski definition) is 5. The molecule has 0 aliphatic rings. The lowest BCUT2D eigenvalue weighted by Crippen LogP contribution is -2.35. The van der Waals surface area contributed by atoms with Crippen LogP contribution in [0.25, 0.3) is 0 Å². The molecule has 0 unspecified atom stereocenters. The number of hydrogen-bond donors (Lipinski definition) is 1. The van der Waals surface area contributed by atoms with E-state index < -0.39 is 28.5 Å². The summed E-state index contributed by atoms with van der Waals surface area (Å²) in [4.78, 5) is 25.3. The van der Waals surface area contributed by atoms with Crippen molar-refractivity contribution in [1.29, 1.82) is 0 Å². The third-order valence-corrected chi connectivity index (χ3v) is 4.05. The van der Waals surface area contributed by atoms with Crippen molar-refractivity contribution in [1.82, 2.24) is 4.90 Å². The number of aryl methyl sites for hydroxylation is 1. The first-order valence-corrected chi connectivity index (χ1v) is 8.55. The molecule has 0 bridgehead atoms. The Kier molecular flexibility index (Phi) is 6.87. The van der Waals surface area contributed by atoms with Gasteiger partial charge in [0.15, 0.2) is 6.61 Å². The average Bonchev–Trinajstić information content (AvgIpc) is 2.51. The van der Waals surface area contributed by atoms with Crippen LogP contribution in [0.3, 0.4) is 0 Å². The highest BCUT2D eigenvalue weighted by atomic mass is 32.2. The number of amides is 1. The molecule has 7 nitrogen and oxygen atoms in total. The summed E-state index contributed by atoms with van der Waals surface area (Å²) in [5.41, 5.74) is 0.544. The van der Waals surface area contributed by atoms with Gasteiger partial charge < -0.3 is 9.64 Å². The molecular formula is C16H20N2O5S. The SMILES string of the molecule is C=CCN(CC=C)C(=O)COC(=O)c1cc(S(N)(=O)=O)ccc1C. The van der Waals surface area contributed by atoms with Gasteiger partial charge in [-0.1, -0.05) is 18.2 Å². The van der Waals surface area contributed by atoms with E-state index in [0.717, 1.165) is 6.07 Å². The van der Waals surface area contributed by atoms with Gasteiger partial charge in [-0.05, 0) is 24.6 Å². The monoisotopic (exact) mass is 352 g/mol. The molecule has 2 N–H and O–H groups in total. The summed E-state index contributed by atoms with van der Waals surface area (Å²) in [5.74, 6) is -1.22. The topological polar surface area (TPSA) is 107 Å². The minimum Gasteiger partial charge on any atom is -0.452 e. The average molecular weight is 352 g/mol. The molecule has 1 aromatic carbocycles. The highest BCUT2D eigenvalue weighted by molar-refractivity contribution is 7.89. The van der Waals surface area contributed by atoms with Crippen LogP contribution < -0.4 is 5.14 Å². The Hall–Kier alpha value is -2.45. The second kappa shape index (κ2) is 8.42. The predicted molar refractivity (Wildman–Crippen MR) is 89.8 cm³/mol. The molecule has 1 rings (SSSR count). The molecule has 0 saturated carbocycles. The maximum absolute atomic E-state index is 12.1. The van der Waals surface area contributed by atoms with Gasteiger partial charge in [-0.15, -0.1) is 13.2 Å². The van der Waals surface area contributed by atoms with Crippen LogP contribution in [-0.2, 0) is 19.6 Å². The number of benzene rings is 1. The molecule has 0 atom stereocenters. The van der Waals surface area contributed by atoms with Crippen LogP contribution >= 0.6 is 0 Å². The number of nitrogens with zero attached hydrogens (tertiary/aromatic N) is 1. The van der Waals surface area contributed by atoms with Crippen molar-refractivity contribution in [2.24, 2.45) is 5.14 Å². The van der Waals surface area contributed by atoms with Gasteiger partial charge in [0, 0.05) is 13.1 Å². The van der Waals surface area contributed by atoms with Crippen LogP contribution in [0.2, 0.25) is 0 Å². The van der Waals surface area contributed by atoms with Crippen molar-refractivity contribution in [2.75, 3.05) is 19.7 Å². The van der Waals surface area contributed by atoms with Gasteiger partial charge in [-0.25, -0.2) is 18.4 Å². The van der Waals surface area contributed by atoms with E-state index in [1.807, 2.05) is 0 Å². The van der Waals surface area contributed by atoms with Crippen LogP contribution in [0, 0.1) is 6.92 Å². The smallest absolute Gasteiger partial charge is 0.338 e. The summed E-state index contributed by atoms with van der Waals surface area (Å²) in [6.45, 7) is 8.83. The van der Waals surface area contributed by atoms with Crippen LogP contribution in [0.5, 0.6) is 0 Å². The highest BCUT2D eigenvalue weighted by Crippen LogP contribution is 2.15. The second-order valence-corrected chi connectivity index (χ2v) is 6.54. The summed E-state index contributed by atoms with van der Waals surface area (Å²) in [5, 5.41) is 5.04. The Balaban J connectivity index is 2.87. The molecule has 1 amide bonds. The van der Waals surface area contributed by atoms with E-state index in [4.69, 9.17) is 9.88 Å². The summed E-state index contributed by atoms with van der Waals surface area (Å²) < 4.78 is 27.7. The van der Waals surface area contributed by atoms with Gasteiger partial charge in [-0.2, -0.15) is 0 Å². The minimum atomic E-state index is -3.94. The lowest BCUT2D eigenvalue weighted by atomic mass is 10.1. The first kappa shape index (κ1) is 19.6. The summed E-state index contributed by atoms with van der Waals surface area (Å²) in [6.07, 6.45) is 3.09. The van der Waals surface area contributed by atoms with E-state index in [9.17, 15) is 18.0 Å². The third-order valence-electron chi connectivity index (χ3n) is 3.14. The van der Waals surface area contributed by atoms with Crippen molar-refractivity contribution in [3.63, 3.8) is 0 Å². The first-order chi connectivity index (χ1) is 11.2. The highest BCUT2D eigenvalue weighted by Gasteiger charge is 2.18. The van der Waals surface area contributed by atoms with Gasteiger partial charge in [0.25, 0.3) is 5.91 Å². The van der Waals surface area contributed by atoms with Gasteiger partial charge in [0.05, 0.1) is 10.5 Å². The molecule has 130 valence electrons. The van der Waals surface area contributed by atoms with Crippen molar-refractivity contribution < 1.29 is 22.7 Å². The quantitative estimate of drug-likeness (QED) is 0.555. The molecule has 0 aliphatic carbocycles. The summed E-state index contributed by atoms with van der Waals surface area (Å²) in [7, 11) is -3.94. The fourth-order valence-electron chi connectivity index (χ4n) is 1.88. The first-order valence-electron chi connectivity index (χ1n) is 7.00. The van der Waals surface area contributed by atoms with Crippen molar-refractivity contribution in [2.45, 2.75) is 11.8 Å². The Morgan fingerprint density at radius 3 is 2.33 bits per heavy atom. The zero-order valence-electron chi connectivity index (χ0n) is 13.4. The van der Waals surface area contributed by atoms with E-state index in [-0.39, 0.29) is 10.5 Å². The Labute approximate surface area is 141 Å². The number of carbonyl (C=O) groups is 2. The minimum absolute atomic E-state index is 0.0355. The van der Waals surface area contributed by atoms with Gasteiger partial charge >= 0.3 is 5.97 Å². The largest absolute Gasteiger partial charge is 0.452 e. The summed E-state index contributed by atoms with van der Waals surface area (Å²) >= 11 is 0. The number of ether oxygens (including phenoxy) is 1. The van der Waals surface area contributed by atoms with E-state index >= 15 is 0 Å². The molecule has 0 aromatic heterocycles. The molecule has 0 fully saturated rings. The molecule has 0 spiro atoms. The third kappa shape index (κ3) is 5.32. The number of carbonyl (C=O) groups excluding carboxylic acids is 2. The van der Waals surface area contributed by atoms with Gasteiger partial charge in [0.1, 0.15) is 0 Å². The lowest BCUT2D eigenvalue weighted by molar-refractivity contribution is -0.133. The lowest BCUT2D eigenvalue weighted by Gasteiger charge is -2.19. The zero-order chi connectivity index (χ0) is 18.3. The molecule has 0 heterocycles. The standard InChI is InChI=1S/C16H20N2O5S/c1-4-8-18(9-5-2)15(19)11-23-16(20)14-10-13(24(17,21)22)7-6-12(14)3/h4-7,10H,1-2,8-9,11H2,3H3,(H2,17,21,22). The van der Waals surface area contributed by atoms with Crippen LogP contribution in [0.15, 0.2) is 48.4 Å². The van der Waals surface area contributed by atoms with E-state index in [1.165, 1.54) is 17.0 Å². The number of esters is 1.